The topological polar surface area (TPSA) is 34.2 Å². The lowest BCUT2D eigenvalue weighted by Gasteiger charge is -2.33. The lowest BCUT2D eigenvalue weighted by atomic mass is 9.85. The van der Waals surface area contributed by atoms with E-state index in [1.165, 1.54) is 11.1 Å². The van der Waals surface area contributed by atoms with Gasteiger partial charge in [-0.15, -0.1) is 0 Å². The molecule has 3 nitrogen and oxygen atoms in total. The van der Waals surface area contributed by atoms with Crippen LogP contribution < -0.4 is 5.32 Å². The zero-order valence-electron chi connectivity index (χ0n) is 9.05. The molecule has 3 rings (SSSR count). The molecule has 1 N–H and O–H groups in total. The van der Waals surface area contributed by atoms with Gasteiger partial charge in [-0.05, 0) is 44.5 Å². The SMILES string of the molecule is Cc1cnc2c(c1)C1(CCNCC1)OC2. The number of ether oxygens (including phenoxy) is 1. The van der Waals surface area contributed by atoms with Gasteiger partial charge in [-0.3, -0.25) is 4.98 Å². The van der Waals surface area contributed by atoms with Crippen LogP contribution in [-0.2, 0) is 16.9 Å². The van der Waals surface area contributed by atoms with Crippen LogP contribution in [0, 0.1) is 6.92 Å². The highest BCUT2D eigenvalue weighted by atomic mass is 16.5. The molecule has 1 aromatic heterocycles. The summed E-state index contributed by atoms with van der Waals surface area (Å²) in [4.78, 5) is 4.46. The van der Waals surface area contributed by atoms with Gasteiger partial charge < -0.3 is 10.1 Å². The van der Waals surface area contributed by atoms with Crippen LogP contribution in [-0.4, -0.2) is 18.1 Å². The minimum absolute atomic E-state index is 0.0282. The molecule has 15 heavy (non-hydrogen) atoms. The third-order valence-electron chi connectivity index (χ3n) is 3.49. The molecule has 0 bridgehead atoms. The molecule has 1 fully saturated rings. The maximum atomic E-state index is 6.00. The van der Waals surface area contributed by atoms with Gasteiger partial charge in [-0.25, -0.2) is 0 Å². The number of nitrogens with zero attached hydrogens (tertiary/aromatic N) is 1. The molecular formula is C12H16N2O. The first-order chi connectivity index (χ1) is 7.30. The highest BCUT2D eigenvalue weighted by Crippen LogP contribution is 2.42. The summed E-state index contributed by atoms with van der Waals surface area (Å²) in [5.41, 5.74) is 3.68. The molecule has 3 heteroatoms. The quantitative estimate of drug-likeness (QED) is 0.695. The standard InChI is InChI=1S/C12H16N2O/c1-9-6-10-11(14-7-9)8-15-12(10)2-4-13-5-3-12/h6-7,13H,2-5,8H2,1H3. The van der Waals surface area contributed by atoms with Gasteiger partial charge in [0.05, 0.1) is 17.9 Å². The number of pyridine rings is 1. The lowest BCUT2D eigenvalue weighted by Crippen LogP contribution is -2.39. The Hall–Kier alpha value is -0.930. The van der Waals surface area contributed by atoms with Crippen LogP contribution in [0.2, 0.25) is 0 Å². The summed E-state index contributed by atoms with van der Waals surface area (Å²) in [5, 5.41) is 3.38. The molecule has 0 radical (unpaired) electrons. The van der Waals surface area contributed by atoms with Gasteiger partial charge in [-0.2, -0.15) is 0 Å². The van der Waals surface area contributed by atoms with Gasteiger partial charge >= 0.3 is 0 Å². The van der Waals surface area contributed by atoms with E-state index in [4.69, 9.17) is 4.74 Å². The first kappa shape index (κ1) is 9.31. The molecule has 3 heterocycles. The molecule has 0 unspecified atom stereocenters. The third kappa shape index (κ3) is 1.38. The summed E-state index contributed by atoms with van der Waals surface area (Å²) < 4.78 is 6.00. The van der Waals surface area contributed by atoms with E-state index in [1.54, 1.807) is 0 Å². The Morgan fingerprint density at radius 3 is 3.00 bits per heavy atom. The van der Waals surface area contributed by atoms with Crippen LogP contribution in [0.5, 0.6) is 0 Å². The monoisotopic (exact) mass is 204 g/mol. The second kappa shape index (κ2) is 3.29. The molecule has 1 aromatic rings. The summed E-state index contributed by atoms with van der Waals surface area (Å²) >= 11 is 0. The molecule has 0 aliphatic carbocycles. The Kier molecular flexibility index (Phi) is 2.04. The van der Waals surface area contributed by atoms with Crippen molar-refractivity contribution in [2.75, 3.05) is 13.1 Å². The van der Waals surface area contributed by atoms with E-state index in [-0.39, 0.29) is 5.60 Å². The summed E-state index contributed by atoms with van der Waals surface area (Å²) in [5.74, 6) is 0. The van der Waals surface area contributed by atoms with Gasteiger partial charge in [0.25, 0.3) is 0 Å². The highest BCUT2D eigenvalue weighted by molar-refractivity contribution is 5.33. The molecule has 2 aliphatic rings. The minimum Gasteiger partial charge on any atom is -0.364 e. The van der Waals surface area contributed by atoms with Gasteiger partial charge in [0.15, 0.2) is 0 Å². The Labute approximate surface area is 89.9 Å². The number of nitrogens with one attached hydrogen (secondary N) is 1. The van der Waals surface area contributed by atoms with E-state index < -0.39 is 0 Å². The van der Waals surface area contributed by atoms with Gasteiger partial charge in [0, 0.05) is 11.8 Å². The van der Waals surface area contributed by atoms with Crippen molar-refractivity contribution in [1.82, 2.24) is 10.3 Å². The van der Waals surface area contributed by atoms with Crippen molar-refractivity contribution in [2.45, 2.75) is 32.0 Å². The average Bonchev–Trinajstić information content (AvgIpc) is 2.59. The molecule has 0 amide bonds. The average molecular weight is 204 g/mol. The van der Waals surface area contributed by atoms with Gasteiger partial charge in [0.2, 0.25) is 0 Å². The summed E-state index contributed by atoms with van der Waals surface area (Å²) in [6.07, 6.45) is 4.08. The highest BCUT2D eigenvalue weighted by Gasteiger charge is 2.41. The molecule has 2 aliphatic heterocycles. The zero-order chi connectivity index (χ0) is 10.3. The number of hydrogen-bond acceptors (Lipinski definition) is 3. The second-order valence-corrected chi connectivity index (χ2v) is 4.54. The Morgan fingerprint density at radius 1 is 1.40 bits per heavy atom. The van der Waals surface area contributed by atoms with Crippen LogP contribution in [0.3, 0.4) is 0 Å². The van der Waals surface area contributed by atoms with Gasteiger partial charge in [-0.1, -0.05) is 0 Å². The lowest BCUT2D eigenvalue weighted by molar-refractivity contribution is -0.0593. The number of piperidine rings is 1. The molecule has 0 atom stereocenters. The van der Waals surface area contributed by atoms with Crippen molar-refractivity contribution in [3.8, 4) is 0 Å². The van der Waals surface area contributed by atoms with E-state index >= 15 is 0 Å². The van der Waals surface area contributed by atoms with E-state index in [0.717, 1.165) is 31.6 Å². The largest absolute Gasteiger partial charge is 0.364 e. The van der Waals surface area contributed by atoms with Crippen molar-refractivity contribution < 1.29 is 4.74 Å². The van der Waals surface area contributed by atoms with Crippen molar-refractivity contribution >= 4 is 0 Å². The first-order valence-corrected chi connectivity index (χ1v) is 5.61. The van der Waals surface area contributed by atoms with Crippen molar-refractivity contribution in [2.24, 2.45) is 0 Å². The maximum absolute atomic E-state index is 6.00. The number of aromatic nitrogens is 1. The predicted octanol–water partition coefficient (Wildman–Crippen LogP) is 1.50. The van der Waals surface area contributed by atoms with Gasteiger partial charge in [0.1, 0.15) is 0 Å². The summed E-state index contributed by atoms with van der Waals surface area (Å²) in [7, 11) is 0. The minimum atomic E-state index is -0.0282. The van der Waals surface area contributed by atoms with Crippen molar-refractivity contribution in [1.29, 1.82) is 0 Å². The predicted molar refractivity (Wildman–Crippen MR) is 57.5 cm³/mol. The van der Waals surface area contributed by atoms with Crippen LogP contribution in [0.1, 0.15) is 29.7 Å². The Bertz CT molecular complexity index is 378. The normalized spacial score (nSPS) is 23.0. The van der Waals surface area contributed by atoms with Crippen molar-refractivity contribution in [3.63, 3.8) is 0 Å². The first-order valence-electron chi connectivity index (χ1n) is 5.61. The van der Waals surface area contributed by atoms with Crippen LogP contribution in [0.25, 0.3) is 0 Å². The van der Waals surface area contributed by atoms with E-state index in [1.807, 2.05) is 6.20 Å². The second-order valence-electron chi connectivity index (χ2n) is 4.54. The molecule has 80 valence electrons. The third-order valence-corrected chi connectivity index (χ3v) is 3.49. The van der Waals surface area contributed by atoms with Crippen LogP contribution >= 0.6 is 0 Å². The smallest absolute Gasteiger partial charge is 0.0979 e. The summed E-state index contributed by atoms with van der Waals surface area (Å²) in [6.45, 7) is 4.89. The number of aryl methyl sites for hydroxylation is 1. The van der Waals surface area contributed by atoms with E-state index in [0.29, 0.717) is 6.61 Å². The van der Waals surface area contributed by atoms with E-state index in [9.17, 15) is 0 Å². The Balaban J connectivity index is 2.05. The number of fused-ring (bicyclic) bond motifs is 2. The Morgan fingerprint density at radius 2 is 2.20 bits per heavy atom. The zero-order valence-corrected chi connectivity index (χ0v) is 9.05. The fourth-order valence-electron chi connectivity index (χ4n) is 2.64. The molecule has 0 saturated carbocycles. The fraction of sp³-hybridized carbons (Fsp3) is 0.583. The fourth-order valence-corrected chi connectivity index (χ4v) is 2.64. The number of rotatable bonds is 0. The van der Waals surface area contributed by atoms with Crippen LogP contribution in [0.4, 0.5) is 0 Å². The molecule has 0 aromatic carbocycles. The van der Waals surface area contributed by atoms with Crippen LogP contribution in [0.15, 0.2) is 12.3 Å². The maximum Gasteiger partial charge on any atom is 0.0979 e. The molecule has 1 spiro atoms. The van der Waals surface area contributed by atoms with E-state index in [2.05, 4.69) is 23.3 Å². The molecular weight excluding hydrogens is 188 g/mol. The van der Waals surface area contributed by atoms with Crippen molar-refractivity contribution in [3.05, 3.63) is 29.1 Å². The number of hydrogen-bond donors (Lipinski definition) is 1. The summed E-state index contributed by atoms with van der Waals surface area (Å²) in [6, 6.07) is 2.25. The molecule has 1 saturated heterocycles.